The van der Waals surface area contributed by atoms with Crippen molar-refractivity contribution in [2.75, 3.05) is 23.9 Å². The Morgan fingerprint density at radius 2 is 1.65 bits per heavy atom. The van der Waals surface area contributed by atoms with E-state index in [9.17, 15) is 19.2 Å². The molecule has 34 heavy (non-hydrogen) atoms. The van der Waals surface area contributed by atoms with Crippen molar-refractivity contribution in [3.8, 4) is 5.75 Å². The summed E-state index contributed by atoms with van der Waals surface area (Å²) in [6.45, 7) is -0.514. The number of methoxy groups -OCH3 is 1. The third kappa shape index (κ3) is 4.88. The number of imide groups is 1. The van der Waals surface area contributed by atoms with Crippen molar-refractivity contribution >= 4 is 58.3 Å². The maximum absolute atomic E-state index is 12.9. The molecule has 0 unspecified atom stereocenters. The van der Waals surface area contributed by atoms with E-state index in [0.717, 1.165) is 4.90 Å². The van der Waals surface area contributed by atoms with Gasteiger partial charge in [-0.2, -0.15) is 0 Å². The maximum atomic E-state index is 12.9. The quantitative estimate of drug-likeness (QED) is 0.366. The van der Waals surface area contributed by atoms with Gasteiger partial charge in [-0.05, 0) is 43.2 Å². The average Bonchev–Trinajstić information content (AvgIpc) is 3.07. The third-order valence-corrected chi connectivity index (χ3v) is 7.03. The Kier molecular flexibility index (Phi) is 7.09. The second kappa shape index (κ2) is 10.0. The van der Waals surface area contributed by atoms with Crippen LogP contribution >= 0.6 is 23.2 Å². The van der Waals surface area contributed by atoms with Crippen LogP contribution in [0.15, 0.2) is 48.5 Å². The van der Waals surface area contributed by atoms with E-state index in [1.165, 1.54) is 19.2 Å². The lowest BCUT2D eigenvalue weighted by Crippen LogP contribution is -2.34. The lowest BCUT2D eigenvalue weighted by molar-refractivity contribution is -0.122. The zero-order valence-electron chi connectivity index (χ0n) is 18.2. The molecule has 0 aromatic heterocycles. The molecule has 2 aromatic rings. The van der Waals surface area contributed by atoms with Gasteiger partial charge >= 0.3 is 5.97 Å². The van der Waals surface area contributed by atoms with Crippen LogP contribution in [-0.4, -0.2) is 48.2 Å². The van der Waals surface area contributed by atoms with E-state index < -0.39 is 30.3 Å². The molecule has 2 fully saturated rings. The number of nitrogens with one attached hydrogen (secondary N) is 1. The number of anilines is 2. The Balaban J connectivity index is 1.41. The Morgan fingerprint density at radius 1 is 1.00 bits per heavy atom. The summed E-state index contributed by atoms with van der Waals surface area (Å²) >= 11 is 12.4. The van der Waals surface area contributed by atoms with Crippen LogP contribution in [0.5, 0.6) is 5.75 Å². The second-order valence-corrected chi connectivity index (χ2v) is 9.26. The third-order valence-electron chi connectivity index (χ3n) is 5.94. The summed E-state index contributed by atoms with van der Waals surface area (Å²) in [6, 6.07) is 12.7. The number of halogens is 2. The van der Waals surface area contributed by atoms with Gasteiger partial charge in [0.1, 0.15) is 5.75 Å². The lowest BCUT2D eigenvalue weighted by atomic mass is 9.80. The average molecular weight is 505 g/mol. The highest BCUT2D eigenvalue weighted by Gasteiger charge is 2.52. The SMILES string of the molecule is COc1cccc(NC(=O)COC(=O)c2cccc(N3C(=O)[C@@H]4C[C@H](Cl)[C@@H](Cl)C[C@H]4C3=O)c2)c1. The first kappa shape index (κ1) is 24.0. The molecule has 1 saturated carbocycles. The fourth-order valence-corrected chi connectivity index (χ4v) is 4.82. The van der Waals surface area contributed by atoms with Crippen molar-refractivity contribution in [2.45, 2.75) is 23.6 Å². The molecule has 4 atom stereocenters. The predicted molar refractivity (Wildman–Crippen MR) is 126 cm³/mol. The normalized spacial score (nSPS) is 23.9. The predicted octanol–water partition coefficient (Wildman–Crippen LogP) is 3.60. The molecular formula is C24H22Cl2N2O6. The first-order valence-electron chi connectivity index (χ1n) is 10.7. The van der Waals surface area contributed by atoms with Gasteiger partial charge in [-0.1, -0.05) is 12.1 Å². The maximum Gasteiger partial charge on any atom is 0.338 e. The summed E-state index contributed by atoms with van der Waals surface area (Å²) in [5, 5.41) is 1.84. The number of esters is 1. The number of ether oxygens (including phenoxy) is 2. The summed E-state index contributed by atoms with van der Waals surface area (Å²) in [5.74, 6) is -2.49. The monoisotopic (exact) mass is 504 g/mol. The molecule has 2 aliphatic rings. The van der Waals surface area contributed by atoms with E-state index in [-0.39, 0.29) is 33.8 Å². The number of amides is 3. The first-order valence-corrected chi connectivity index (χ1v) is 11.5. The van der Waals surface area contributed by atoms with E-state index >= 15 is 0 Å². The largest absolute Gasteiger partial charge is 0.497 e. The number of alkyl halides is 2. The van der Waals surface area contributed by atoms with Crippen molar-refractivity contribution in [2.24, 2.45) is 11.8 Å². The van der Waals surface area contributed by atoms with Crippen molar-refractivity contribution in [1.29, 1.82) is 0 Å². The number of fused-ring (bicyclic) bond motifs is 1. The van der Waals surface area contributed by atoms with Gasteiger partial charge in [-0.15, -0.1) is 23.2 Å². The summed E-state index contributed by atoms with van der Waals surface area (Å²) in [6.07, 6.45) is 0.650. The van der Waals surface area contributed by atoms with Crippen LogP contribution in [0.3, 0.4) is 0 Å². The second-order valence-electron chi connectivity index (χ2n) is 8.13. The molecule has 1 aliphatic carbocycles. The lowest BCUT2D eigenvalue weighted by Gasteiger charge is -2.28. The number of hydrogen-bond donors (Lipinski definition) is 1. The molecule has 2 aromatic carbocycles. The van der Waals surface area contributed by atoms with Crippen molar-refractivity contribution in [3.63, 3.8) is 0 Å². The molecule has 1 heterocycles. The number of carbonyl (C=O) groups excluding carboxylic acids is 4. The van der Waals surface area contributed by atoms with E-state index in [1.54, 1.807) is 36.4 Å². The van der Waals surface area contributed by atoms with Gasteiger partial charge in [-0.25, -0.2) is 4.79 Å². The molecule has 3 amide bonds. The highest BCUT2D eigenvalue weighted by molar-refractivity contribution is 6.31. The van der Waals surface area contributed by atoms with Gasteiger partial charge in [-0.3, -0.25) is 19.3 Å². The van der Waals surface area contributed by atoms with Gasteiger partial charge in [0.15, 0.2) is 6.61 Å². The van der Waals surface area contributed by atoms with Crippen molar-refractivity contribution in [1.82, 2.24) is 0 Å². The Bertz CT molecular complexity index is 1110. The fourth-order valence-electron chi connectivity index (χ4n) is 4.23. The van der Waals surface area contributed by atoms with Crippen LogP contribution in [0.2, 0.25) is 0 Å². The number of benzene rings is 2. The van der Waals surface area contributed by atoms with E-state index in [2.05, 4.69) is 5.32 Å². The molecule has 178 valence electrons. The summed E-state index contributed by atoms with van der Waals surface area (Å²) in [4.78, 5) is 51.7. The van der Waals surface area contributed by atoms with E-state index in [0.29, 0.717) is 24.3 Å². The van der Waals surface area contributed by atoms with Gasteiger partial charge in [0.2, 0.25) is 11.8 Å². The standard InChI is InChI=1S/C24H22Cl2N2O6/c1-33-16-7-3-5-14(9-16)27-21(29)12-34-24(32)13-4-2-6-15(8-13)28-22(30)17-10-19(25)20(26)11-18(17)23(28)31/h2-9,17-20H,10-12H2,1H3,(H,27,29)/t17-,18-,19+,20+/m1/s1. The van der Waals surface area contributed by atoms with E-state index in [4.69, 9.17) is 32.7 Å². The molecule has 8 nitrogen and oxygen atoms in total. The number of nitrogens with zero attached hydrogens (tertiary/aromatic N) is 1. The summed E-state index contributed by atoms with van der Waals surface area (Å²) < 4.78 is 10.2. The minimum atomic E-state index is -0.763. The van der Waals surface area contributed by atoms with Crippen LogP contribution in [0.25, 0.3) is 0 Å². The van der Waals surface area contributed by atoms with Gasteiger partial charge in [0, 0.05) is 11.8 Å². The highest BCUT2D eigenvalue weighted by atomic mass is 35.5. The van der Waals surface area contributed by atoms with Crippen LogP contribution in [0, 0.1) is 11.8 Å². The molecule has 10 heteroatoms. The summed E-state index contributed by atoms with van der Waals surface area (Å²) in [7, 11) is 1.51. The summed E-state index contributed by atoms with van der Waals surface area (Å²) in [5.41, 5.74) is 0.859. The van der Waals surface area contributed by atoms with Crippen LogP contribution < -0.4 is 15.0 Å². The smallest absolute Gasteiger partial charge is 0.338 e. The molecular weight excluding hydrogens is 483 g/mol. The first-order chi connectivity index (χ1) is 16.3. The van der Waals surface area contributed by atoms with Gasteiger partial charge < -0.3 is 14.8 Å². The minimum absolute atomic E-state index is 0.104. The fraction of sp³-hybridized carbons (Fsp3) is 0.333. The van der Waals surface area contributed by atoms with E-state index in [1.807, 2.05) is 0 Å². The van der Waals surface area contributed by atoms with Gasteiger partial charge in [0.05, 0.1) is 41.0 Å². The van der Waals surface area contributed by atoms with Crippen LogP contribution in [0.4, 0.5) is 11.4 Å². The zero-order valence-corrected chi connectivity index (χ0v) is 19.7. The number of rotatable bonds is 6. The molecule has 1 N–H and O–H groups in total. The van der Waals surface area contributed by atoms with Crippen molar-refractivity contribution < 1.29 is 28.7 Å². The number of carbonyl (C=O) groups is 4. The molecule has 1 saturated heterocycles. The molecule has 1 aliphatic heterocycles. The molecule has 0 spiro atoms. The molecule has 4 rings (SSSR count). The van der Waals surface area contributed by atoms with Crippen molar-refractivity contribution in [3.05, 3.63) is 54.1 Å². The Hall–Kier alpha value is -3.10. The zero-order chi connectivity index (χ0) is 24.4. The minimum Gasteiger partial charge on any atom is -0.497 e. The highest BCUT2D eigenvalue weighted by Crippen LogP contribution is 2.43. The number of hydrogen-bond acceptors (Lipinski definition) is 6. The Morgan fingerprint density at radius 3 is 2.29 bits per heavy atom. The molecule has 0 radical (unpaired) electrons. The molecule has 0 bridgehead atoms. The van der Waals surface area contributed by atoms with Gasteiger partial charge in [0.25, 0.3) is 5.91 Å². The van der Waals surface area contributed by atoms with Crippen LogP contribution in [-0.2, 0) is 19.1 Å². The topological polar surface area (TPSA) is 102 Å². The van der Waals surface area contributed by atoms with Crippen LogP contribution in [0.1, 0.15) is 23.2 Å². The Labute approximate surface area is 206 Å².